The first-order valence-corrected chi connectivity index (χ1v) is 7.35. The second kappa shape index (κ2) is 6.01. The van der Waals surface area contributed by atoms with Gasteiger partial charge >= 0.3 is 0 Å². The van der Waals surface area contributed by atoms with Crippen LogP contribution in [0, 0.1) is 5.82 Å². The van der Waals surface area contributed by atoms with Crippen molar-refractivity contribution in [1.82, 2.24) is 5.32 Å². The summed E-state index contributed by atoms with van der Waals surface area (Å²) in [5.41, 5.74) is 3.45. The van der Waals surface area contributed by atoms with E-state index < -0.39 is 0 Å². The number of rotatable bonds is 3. The fraction of sp³-hybridized carbons (Fsp3) is 0.0625. The van der Waals surface area contributed by atoms with Crippen LogP contribution < -0.4 is 10.0 Å². The standard InChI is InChI=1S/C16H13FN2OS/c17-14-4-1-11(2-5-14)10-18-16(20)13-3-6-15-12(9-13)7-8-21-19-15/h1-9,19H,10H2,(H,18,20). The molecule has 0 saturated carbocycles. The quantitative estimate of drug-likeness (QED) is 0.847. The number of hydrogen-bond donors (Lipinski definition) is 2. The van der Waals surface area contributed by atoms with E-state index in [1.807, 2.05) is 23.6 Å². The van der Waals surface area contributed by atoms with Crippen molar-refractivity contribution in [2.75, 3.05) is 4.72 Å². The molecule has 1 amide bonds. The lowest BCUT2D eigenvalue weighted by Gasteiger charge is -2.13. The Kier molecular flexibility index (Phi) is 3.92. The van der Waals surface area contributed by atoms with Crippen molar-refractivity contribution in [3.8, 4) is 0 Å². The zero-order valence-corrected chi connectivity index (χ0v) is 11.9. The molecular weight excluding hydrogens is 287 g/mol. The van der Waals surface area contributed by atoms with Gasteiger partial charge < -0.3 is 10.0 Å². The van der Waals surface area contributed by atoms with Crippen LogP contribution in [0.4, 0.5) is 10.1 Å². The molecule has 5 heteroatoms. The molecule has 2 aromatic rings. The Bertz CT molecular complexity index is 698. The summed E-state index contributed by atoms with van der Waals surface area (Å²) >= 11 is 1.50. The maximum atomic E-state index is 12.8. The maximum absolute atomic E-state index is 12.8. The molecule has 0 unspecified atom stereocenters. The summed E-state index contributed by atoms with van der Waals surface area (Å²) in [5, 5.41) is 4.76. The van der Waals surface area contributed by atoms with Gasteiger partial charge in [-0.15, -0.1) is 0 Å². The van der Waals surface area contributed by atoms with E-state index in [2.05, 4.69) is 10.0 Å². The third-order valence-corrected chi connectivity index (χ3v) is 3.77. The summed E-state index contributed by atoms with van der Waals surface area (Å²) < 4.78 is 16.0. The molecule has 0 atom stereocenters. The molecule has 3 rings (SSSR count). The van der Waals surface area contributed by atoms with Gasteiger partial charge in [0.1, 0.15) is 5.82 Å². The molecule has 0 spiro atoms. The van der Waals surface area contributed by atoms with Crippen molar-refractivity contribution in [3.05, 3.63) is 70.4 Å². The Hall–Kier alpha value is -2.27. The predicted molar refractivity (Wildman–Crippen MR) is 84.3 cm³/mol. The molecule has 2 aromatic carbocycles. The topological polar surface area (TPSA) is 41.1 Å². The fourth-order valence-electron chi connectivity index (χ4n) is 2.03. The van der Waals surface area contributed by atoms with E-state index in [0.717, 1.165) is 16.8 Å². The van der Waals surface area contributed by atoms with Crippen LogP contribution in [0.2, 0.25) is 0 Å². The third-order valence-electron chi connectivity index (χ3n) is 3.16. The number of carbonyl (C=O) groups is 1. The molecule has 1 heterocycles. The van der Waals surface area contributed by atoms with Crippen LogP contribution in [0.3, 0.4) is 0 Å². The molecule has 3 nitrogen and oxygen atoms in total. The first kappa shape index (κ1) is 13.7. The number of benzene rings is 2. The van der Waals surface area contributed by atoms with Crippen LogP contribution in [0.5, 0.6) is 0 Å². The van der Waals surface area contributed by atoms with Crippen LogP contribution in [0.1, 0.15) is 21.5 Å². The zero-order chi connectivity index (χ0) is 14.7. The molecule has 0 radical (unpaired) electrons. The van der Waals surface area contributed by atoms with Crippen LogP contribution in [0.25, 0.3) is 6.08 Å². The lowest BCUT2D eigenvalue weighted by atomic mass is 10.1. The van der Waals surface area contributed by atoms with Crippen LogP contribution in [0.15, 0.2) is 47.9 Å². The van der Waals surface area contributed by atoms with Crippen molar-refractivity contribution < 1.29 is 9.18 Å². The molecule has 1 aliphatic heterocycles. The predicted octanol–water partition coefficient (Wildman–Crippen LogP) is 3.80. The largest absolute Gasteiger partial charge is 0.348 e. The Balaban J connectivity index is 1.68. The highest BCUT2D eigenvalue weighted by molar-refractivity contribution is 8.03. The molecule has 0 saturated heterocycles. The summed E-state index contributed by atoms with van der Waals surface area (Å²) in [4.78, 5) is 12.1. The number of amides is 1. The van der Waals surface area contributed by atoms with Gasteiger partial charge in [-0.1, -0.05) is 12.1 Å². The van der Waals surface area contributed by atoms with Crippen molar-refractivity contribution in [2.45, 2.75) is 6.54 Å². The number of fused-ring (bicyclic) bond motifs is 1. The lowest BCUT2D eigenvalue weighted by Crippen LogP contribution is -2.22. The van der Waals surface area contributed by atoms with Gasteiger partial charge in [-0.25, -0.2) is 4.39 Å². The van der Waals surface area contributed by atoms with Crippen molar-refractivity contribution in [2.24, 2.45) is 0 Å². The van der Waals surface area contributed by atoms with Crippen LogP contribution >= 0.6 is 11.9 Å². The number of carbonyl (C=O) groups excluding carboxylic acids is 1. The molecule has 2 N–H and O–H groups in total. The van der Waals surface area contributed by atoms with Crippen molar-refractivity contribution in [3.63, 3.8) is 0 Å². The highest BCUT2D eigenvalue weighted by atomic mass is 32.2. The van der Waals surface area contributed by atoms with Gasteiger partial charge in [-0.2, -0.15) is 0 Å². The fourth-order valence-corrected chi connectivity index (χ4v) is 2.62. The van der Waals surface area contributed by atoms with Crippen LogP contribution in [-0.2, 0) is 6.54 Å². The smallest absolute Gasteiger partial charge is 0.251 e. The lowest BCUT2D eigenvalue weighted by molar-refractivity contribution is 0.0951. The minimum Gasteiger partial charge on any atom is -0.348 e. The first-order chi connectivity index (χ1) is 10.2. The monoisotopic (exact) mass is 300 g/mol. The minimum absolute atomic E-state index is 0.145. The number of anilines is 1. The summed E-state index contributed by atoms with van der Waals surface area (Å²) in [6.07, 6.45) is 1.97. The molecule has 0 aliphatic carbocycles. The average Bonchev–Trinajstić information content (AvgIpc) is 2.53. The molecule has 21 heavy (non-hydrogen) atoms. The van der Waals surface area contributed by atoms with E-state index >= 15 is 0 Å². The van der Waals surface area contributed by atoms with E-state index in [0.29, 0.717) is 12.1 Å². The van der Waals surface area contributed by atoms with E-state index in [-0.39, 0.29) is 11.7 Å². The molecule has 0 bridgehead atoms. The summed E-state index contributed by atoms with van der Waals surface area (Å²) in [5.74, 6) is -0.425. The van der Waals surface area contributed by atoms with Crippen LogP contribution in [-0.4, -0.2) is 5.91 Å². The summed E-state index contributed by atoms with van der Waals surface area (Å²) in [6.45, 7) is 0.375. The highest BCUT2D eigenvalue weighted by Crippen LogP contribution is 2.27. The van der Waals surface area contributed by atoms with Gasteiger partial charge in [0.05, 0.1) is 5.69 Å². The average molecular weight is 300 g/mol. The van der Waals surface area contributed by atoms with E-state index in [1.165, 1.54) is 24.1 Å². The number of nitrogens with one attached hydrogen (secondary N) is 2. The van der Waals surface area contributed by atoms with Gasteiger partial charge in [0.25, 0.3) is 5.91 Å². The maximum Gasteiger partial charge on any atom is 0.251 e. The SMILES string of the molecule is O=C(NCc1ccc(F)cc1)c1ccc2c(c1)C=CSN2. The molecule has 0 aromatic heterocycles. The number of halogens is 1. The molecule has 1 aliphatic rings. The Morgan fingerprint density at radius 3 is 2.81 bits per heavy atom. The first-order valence-electron chi connectivity index (χ1n) is 6.47. The normalized spacial score (nSPS) is 12.4. The van der Waals surface area contributed by atoms with E-state index in [1.54, 1.807) is 18.2 Å². The Morgan fingerprint density at radius 2 is 2.00 bits per heavy atom. The second-order valence-corrected chi connectivity index (χ2v) is 5.35. The Morgan fingerprint density at radius 1 is 1.19 bits per heavy atom. The van der Waals surface area contributed by atoms with Gasteiger partial charge in [0.2, 0.25) is 0 Å². The molecular formula is C16H13FN2OS. The van der Waals surface area contributed by atoms with Gasteiger partial charge in [-0.05, 0) is 64.9 Å². The van der Waals surface area contributed by atoms with Crippen molar-refractivity contribution in [1.29, 1.82) is 0 Å². The zero-order valence-electron chi connectivity index (χ0n) is 11.1. The van der Waals surface area contributed by atoms with Gasteiger partial charge in [-0.3, -0.25) is 4.79 Å². The Labute approximate surface area is 126 Å². The van der Waals surface area contributed by atoms with Crippen molar-refractivity contribution >= 4 is 29.6 Å². The van der Waals surface area contributed by atoms with E-state index in [9.17, 15) is 9.18 Å². The number of hydrogen-bond acceptors (Lipinski definition) is 3. The van der Waals surface area contributed by atoms with E-state index in [4.69, 9.17) is 0 Å². The van der Waals surface area contributed by atoms with Gasteiger partial charge in [0.15, 0.2) is 0 Å². The van der Waals surface area contributed by atoms with Gasteiger partial charge in [0, 0.05) is 12.1 Å². The molecule has 106 valence electrons. The minimum atomic E-state index is -0.281. The second-order valence-electron chi connectivity index (χ2n) is 4.63. The third kappa shape index (κ3) is 3.25. The summed E-state index contributed by atoms with van der Waals surface area (Å²) in [6, 6.07) is 11.6. The summed E-state index contributed by atoms with van der Waals surface area (Å²) in [7, 11) is 0. The highest BCUT2D eigenvalue weighted by Gasteiger charge is 2.10. The molecule has 0 fully saturated rings.